The third-order valence-electron chi connectivity index (χ3n) is 12.3. The number of nitrogens with two attached hydrogens (primary N) is 1. The molecular formula is C40H49ClN8O11S2. The maximum absolute atomic E-state index is 13.7. The number of rotatable bonds is 16. The van der Waals surface area contributed by atoms with Crippen molar-refractivity contribution in [2.45, 2.75) is 106 Å². The molecule has 2 saturated heterocycles. The van der Waals surface area contributed by atoms with Crippen LogP contribution in [0.15, 0.2) is 27.6 Å². The normalized spacial score (nSPS) is 23.6. The number of nitrogens with one attached hydrogen (secondary N) is 3. The second-order valence-electron chi connectivity index (χ2n) is 17.0. The zero-order chi connectivity index (χ0) is 44.8. The number of nitrogens with zero attached hydrogens (tertiary/aromatic N) is 4. The zero-order valence-corrected chi connectivity index (χ0v) is 36.6. The fourth-order valence-electron chi connectivity index (χ4n) is 8.49. The van der Waals surface area contributed by atoms with E-state index in [-0.39, 0.29) is 50.0 Å². The molecule has 334 valence electrons. The molecule has 2 saturated carbocycles. The summed E-state index contributed by atoms with van der Waals surface area (Å²) < 4.78 is 1.76. The molecule has 2 unspecified atom stereocenters. The number of carboxylic acids is 2. The summed E-state index contributed by atoms with van der Waals surface area (Å²) in [7, 11) is 0. The fraction of sp³-hybridized carbons (Fsp3) is 0.550. The molecule has 9 N–H and O–H groups in total. The lowest BCUT2D eigenvalue weighted by Gasteiger charge is -2.56. The summed E-state index contributed by atoms with van der Waals surface area (Å²) in [4.78, 5) is 89.4. The molecule has 7 rings (SSSR count). The number of pyridine rings is 1. The van der Waals surface area contributed by atoms with Gasteiger partial charge in [-0.15, -0.1) is 23.1 Å². The van der Waals surface area contributed by atoms with Crippen LogP contribution in [0.2, 0.25) is 5.02 Å². The number of carbonyl (C=O) groups excluding carboxylic acids is 3. The Kier molecular flexibility index (Phi) is 12.7. The average molecular weight is 917 g/mol. The van der Waals surface area contributed by atoms with Crippen molar-refractivity contribution in [1.29, 1.82) is 0 Å². The lowest BCUT2D eigenvalue weighted by atomic mass is 9.71. The summed E-state index contributed by atoms with van der Waals surface area (Å²) in [6, 6.07) is -0.998. The van der Waals surface area contributed by atoms with Gasteiger partial charge in [0, 0.05) is 47.9 Å². The molecule has 1 aromatic carbocycles. The SMILES string of the molecule is C[C@@H]1S[C@@H]2[C@H](NC(=O)/C(=N\OC(C)(C)C(=O)O)c3csc(N)n3)C(=O)N2C(C(=O)O)C1CNCCC1(CNC(=O)c2cn(C3CC3)c3cc(O)c(O)c(Cl)c3c2=O)CCCCC1. The van der Waals surface area contributed by atoms with Gasteiger partial charge in [0.25, 0.3) is 11.8 Å². The highest BCUT2D eigenvalue weighted by molar-refractivity contribution is 8.00. The van der Waals surface area contributed by atoms with Crippen molar-refractivity contribution in [3.8, 4) is 11.5 Å². The molecule has 0 radical (unpaired) electrons. The number of hydrogen-bond donors (Lipinski definition) is 8. The largest absolute Gasteiger partial charge is 0.504 e. The number of thiazole rings is 1. The van der Waals surface area contributed by atoms with E-state index in [1.807, 2.05) is 6.92 Å². The van der Waals surface area contributed by atoms with Crippen molar-refractivity contribution in [3.05, 3.63) is 44.1 Å². The number of benzene rings is 1. The Labute approximate surface area is 368 Å². The number of hydrogen-bond acceptors (Lipinski definition) is 15. The van der Waals surface area contributed by atoms with Gasteiger partial charge in [0.15, 0.2) is 22.3 Å². The Morgan fingerprint density at radius 2 is 1.84 bits per heavy atom. The summed E-state index contributed by atoms with van der Waals surface area (Å²) in [6.45, 7) is 5.40. The minimum absolute atomic E-state index is 0.00400. The molecule has 0 bridgehead atoms. The molecule has 0 spiro atoms. The van der Waals surface area contributed by atoms with E-state index in [2.05, 4.69) is 26.1 Å². The number of phenolic OH excluding ortho intramolecular Hbond substituents is 2. The molecule has 5 atom stereocenters. The van der Waals surface area contributed by atoms with Crippen molar-refractivity contribution in [2.75, 3.05) is 25.4 Å². The van der Waals surface area contributed by atoms with Gasteiger partial charge in [-0.3, -0.25) is 19.2 Å². The summed E-state index contributed by atoms with van der Waals surface area (Å²) >= 11 is 8.71. The highest BCUT2D eigenvalue weighted by Gasteiger charge is 2.59. The van der Waals surface area contributed by atoms with Crippen LogP contribution in [-0.2, 0) is 24.0 Å². The van der Waals surface area contributed by atoms with E-state index >= 15 is 0 Å². The fourth-order valence-corrected chi connectivity index (χ4v) is 10.9. The van der Waals surface area contributed by atoms with E-state index < -0.39 is 81.3 Å². The summed E-state index contributed by atoms with van der Waals surface area (Å²) in [5, 5.41) is 53.4. The Morgan fingerprint density at radius 3 is 2.47 bits per heavy atom. The van der Waals surface area contributed by atoms with Gasteiger partial charge < -0.3 is 56.4 Å². The number of nitrogen functional groups attached to an aromatic ring is 1. The maximum atomic E-state index is 13.7. The second kappa shape index (κ2) is 17.6. The molecular weight excluding hydrogens is 868 g/mol. The number of fused-ring (bicyclic) bond motifs is 2. The van der Waals surface area contributed by atoms with Gasteiger partial charge in [0.2, 0.25) is 16.9 Å². The van der Waals surface area contributed by atoms with Gasteiger partial charge in [-0.25, -0.2) is 14.6 Å². The highest BCUT2D eigenvalue weighted by Crippen LogP contribution is 2.46. The van der Waals surface area contributed by atoms with E-state index in [4.69, 9.17) is 22.2 Å². The van der Waals surface area contributed by atoms with Crippen molar-refractivity contribution in [3.63, 3.8) is 0 Å². The smallest absolute Gasteiger partial charge is 0.350 e. The van der Waals surface area contributed by atoms with Gasteiger partial charge in [-0.05, 0) is 57.9 Å². The van der Waals surface area contributed by atoms with Crippen molar-refractivity contribution >= 4 is 86.1 Å². The monoisotopic (exact) mass is 916 g/mol. The minimum atomic E-state index is -1.80. The van der Waals surface area contributed by atoms with Crippen LogP contribution in [0.25, 0.3) is 10.9 Å². The Balaban J connectivity index is 0.990. The standard InChI is InChI=1S/C40H49ClN8O11S2/c1-18-20(29(36(56)57)49-34(55)28(35(49)62-18)46-33(54)27(22-16-61-38(42)45-22)47-60-39(2,3)37(58)59)14-43-12-11-40(9-5-4-6-10-40)17-44-32(53)21-15-48(19-7-8-19)23-13-24(50)31(52)26(41)25(23)30(21)51/h13,15-16,18-20,28-29,35,43,50,52H,4-12,14,17H2,1-3H3,(H2,42,45)(H,44,53)(H,46,54)(H,56,57)(H,58,59)/b47-27-/t18-,20?,28+,29?,35+/m0/s1. The summed E-state index contributed by atoms with van der Waals surface area (Å²) in [6.07, 6.45) is 8.38. The number of carboxylic acid groups (broad SMARTS) is 2. The molecule has 62 heavy (non-hydrogen) atoms. The molecule has 3 amide bonds. The first-order chi connectivity index (χ1) is 29.3. The third-order valence-corrected chi connectivity index (χ3v) is 14.9. The number of halogens is 1. The van der Waals surface area contributed by atoms with E-state index in [1.54, 1.807) is 4.57 Å². The topological polar surface area (TPSA) is 288 Å². The van der Waals surface area contributed by atoms with Crippen LogP contribution in [0.1, 0.15) is 94.2 Å². The van der Waals surface area contributed by atoms with Gasteiger partial charge >= 0.3 is 11.9 Å². The van der Waals surface area contributed by atoms with Crippen molar-refractivity contribution < 1.29 is 49.2 Å². The van der Waals surface area contributed by atoms with Crippen LogP contribution in [0.4, 0.5) is 5.13 Å². The van der Waals surface area contributed by atoms with Crippen LogP contribution in [0.5, 0.6) is 11.5 Å². The lowest BCUT2D eigenvalue weighted by molar-refractivity contribution is -0.165. The Bertz CT molecular complexity index is 2400. The van der Waals surface area contributed by atoms with E-state index in [9.17, 15) is 49.2 Å². The minimum Gasteiger partial charge on any atom is -0.504 e. The molecule has 2 aromatic heterocycles. The van der Waals surface area contributed by atoms with Crippen LogP contribution in [-0.4, -0.2) is 118 Å². The maximum Gasteiger partial charge on any atom is 0.350 e. The highest BCUT2D eigenvalue weighted by atomic mass is 35.5. The first kappa shape index (κ1) is 44.9. The number of carbonyl (C=O) groups is 5. The molecule has 4 fully saturated rings. The van der Waals surface area contributed by atoms with Gasteiger partial charge in [-0.2, -0.15) is 0 Å². The number of aromatic hydroxyl groups is 2. The summed E-state index contributed by atoms with van der Waals surface area (Å²) in [5.41, 5.74) is 2.83. The first-order valence-electron chi connectivity index (χ1n) is 20.3. The predicted molar refractivity (Wildman–Crippen MR) is 231 cm³/mol. The third kappa shape index (κ3) is 8.76. The van der Waals surface area contributed by atoms with Crippen molar-refractivity contribution in [1.82, 2.24) is 30.4 Å². The van der Waals surface area contributed by atoms with Crippen LogP contribution < -0.4 is 27.1 Å². The van der Waals surface area contributed by atoms with Crippen LogP contribution >= 0.6 is 34.7 Å². The first-order valence-corrected chi connectivity index (χ1v) is 22.5. The zero-order valence-electron chi connectivity index (χ0n) is 34.2. The Hall–Kier alpha value is -5.12. The quantitative estimate of drug-likeness (QED) is 0.0337. The van der Waals surface area contributed by atoms with Crippen LogP contribution in [0.3, 0.4) is 0 Å². The molecule has 2 aliphatic carbocycles. The van der Waals surface area contributed by atoms with E-state index in [0.29, 0.717) is 25.0 Å². The van der Waals surface area contributed by atoms with Crippen molar-refractivity contribution in [2.24, 2.45) is 16.5 Å². The molecule has 19 nitrogen and oxygen atoms in total. The Morgan fingerprint density at radius 1 is 1.13 bits per heavy atom. The van der Waals surface area contributed by atoms with E-state index in [0.717, 1.165) is 56.3 Å². The number of β-lactam (4-membered cyclic amide) rings is 1. The number of amides is 3. The number of oxime groups is 1. The average Bonchev–Trinajstić information content (AvgIpc) is 3.99. The number of phenols is 2. The molecule has 3 aromatic rings. The predicted octanol–water partition coefficient (Wildman–Crippen LogP) is 3.24. The van der Waals surface area contributed by atoms with Gasteiger partial charge in [0.05, 0.1) is 15.9 Å². The molecule has 4 heterocycles. The molecule has 4 aliphatic rings. The number of aromatic nitrogens is 2. The van der Waals surface area contributed by atoms with Gasteiger partial charge in [-0.1, -0.05) is 42.9 Å². The summed E-state index contributed by atoms with van der Waals surface area (Å²) in [5.74, 6) is -6.18. The molecule has 2 aliphatic heterocycles. The second-order valence-corrected chi connectivity index (χ2v) is 19.7. The van der Waals surface area contributed by atoms with Gasteiger partial charge in [0.1, 0.15) is 28.7 Å². The van der Waals surface area contributed by atoms with E-state index in [1.165, 1.54) is 48.2 Å². The molecule has 22 heteroatoms. The number of thioether (sulfide) groups is 1. The lowest BCUT2D eigenvalue weighted by Crippen LogP contribution is -2.77. The number of aliphatic carboxylic acids is 2. The van der Waals surface area contributed by atoms with Crippen LogP contribution in [0, 0.1) is 11.3 Å². The number of anilines is 1.